The summed E-state index contributed by atoms with van der Waals surface area (Å²) in [5.41, 5.74) is 1.80. The molecular formula is C18H16N4O3. The second kappa shape index (κ2) is 6.27. The molecule has 0 radical (unpaired) electrons. The summed E-state index contributed by atoms with van der Waals surface area (Å²) in [6.45, 7) is 0.598. The van der Waals surface area contributed by atoms with Crippen molar-refractivity contribution in [2.45, 2.75) is 19.5 Å². The Hall–Kier alpha value is -3.35. The fraction of sp³-hybridized carbons (Fsp3) is 0.167. The van der Waals surface area contributed by atoms with Crippen molar-refractivity contribution in [1.82, 2.24) is 19.9 Å². The number of amides is 1. The van der Waals surface area contributed by atoms with Gasteiger partial charge < -0.3 is 14.7 Å². The normalized spacial score (nSPS) is 11.2. The number of H-pyrrole nitrogens is 1. The summed E-state index contributed by atoms with van der Waals surface area (Å²) in [4.78, 5) is 32.0. The molecule has 126 valence electrons. The molecule has 7 heteroatoms. The van der Waals surface area contributed by atoms with Gasteiger partial charge in [-0.25, -0.2) is 4.98 Å². The first-order valence-electron chi connectivity index (χ1n) is 7.97. The number of fused-ring (bicyclic) bond motifs is 3. The van der Waals surface area contributed by atoms with Gasteiger partial charge in [0.15, 0.2) is 0 Å². The van der Waals surface area contributed by atoms with Gasteiger partial charge in [0.25, 0.3) is 5.56 Å². The van der Waals surface area contributed by atoms with Crippen LogP contribution in [0.3, 0.4) is 0 Å². The average Bonchev–Trinajstić information content (AvgIpc) is 3.27. The molecule has 4 aromatic rings. The highest BCUT2D eigenvalue weighted by atomic mass is 16.3. The van der Waals surface area contributed by atoms with Crippen molar-refractivity contribution in [2.75, 3.05) is 0 Å². The van der Waals surface area contributed by atoms with Gasteiger partial charge in [-0.2, -0.15) is 0 Å². The largest absolute Gasteiger partial charge is 0.467 e. The molecule has 3 heterocycles. The van der Waals surface area contributed by atoms with Crippen LogP contribution >= 0.6 is 0 Å². The lowest BCUT2D eigenvalue weighted by Crippen LogP contribution is -2.27. The first kappa shape index (κ1) is 15.2. The van der Waals surface area contributed by atoms with E-state index >= 15 is 0 Å². The maximum Gasteiger partial charge on any atom is 0.277 e. The van der Waals surface area contributed by atoms with Crippen molar-refractivity contribution in [3.63, 3.8) is 0 Å². The second-order valence-electron chi connectivity index (χ2n) is 5.74. The molecule has 7 nitrogen and oxygen atoms in total. The van der Waals surface area contributed by atoms with Gasteiger partial charge in [-0.15, -0.1) is 0 Å². The summed E-state index contributed by atoms with van der Waals surface area (Å²) in [5, 5.41) is 3.67. The molecule has 4 rings (SSSR count). The predicted molar refractivity (Wildman–Crippen MR) is 93.0 cm³/mol. The number of rotatable bonds is 5. The van der Waals surface area contributed by atoms with Crippen molar-refractivity contribution in [3.8, 4) is 0 Å². The maximum atomic E-state index is 12.6. The third-order valence-electron chi connectivity index (χ3n) is 4.10. The molecule has 0 atom stereocenters. The molecule has 0 saturated heterocycles. The Bertz CT molecular complexity index is 1090. The highest BCUT2D eigenvalue weighted by Crippen LogP contribution is 2.20. The van der Waals surface area contributed by atoms with E-state index in [1.165, 1.54) is 10.9 Å². The van der Waals surface area contributed by atoms with E-state index in [1.54, 1.807) is 18.4 Å². The van der Waals surface area contributed by atoms with Gasteiger partial charge in [0, 0.05) is 23.9 Å². The van der Waals surface area contributed by atoms with E-state index in [4.69, 9.17) is 4.42 Å². The second-order valence-corrected chi connectivity index (χ2v) is 5.74. The van der Waals surface area contributed by atoms with Crippen molar-refractivity contribution in [1.29, 1.82) is 0 Å². The Morgan fingerprint density at radius 3 is 2.96 bits per heavy atom. The lowest BCUT2D eigenvalue weighted by Gasteiger charge is -2.06. The molecule has 0 spiro atoms. The highest BCUT2D eigenvalue weighted by Gasteiger charge is 2.11. The molecule has 3 aromatic heterocycles. The third kappa shape index (κ3) is 2.91. The Kier molecular flexibility index (Phi) is 3.81. The number of aryl methyl sites for hydroxylation is 1. The first-order chi connectivity index (χ1) is 12.2. The van der Waals surface area contributed by atoms with Crippen LogP contribution in [0.2, 0.25) is 0 Å². The van der Waals surface area contributed by atoms with Gasteiger partial charge in [-0.3, -0.25) is 14.2 Å². The van der Waals surface area contributed by atoms with E-state index in [0.29, 0.717) is 23.3 Å². The zero-order valence-corrected chi connectivity index (χ0v) is 13.4. The number of benzene rings is 1. The van der Waals surface area contributed by atoms with E-state index in [0.717, 1.165) is 10.9 Å². The fourth-order valence-electron chi connectivity index (χ4n) is 2.81. The minimum atomic E-state index is -0.181. The van der Waals surface area contributed by atoms with Gasteiger partial charge in [0.2, 0.25) is 5.91 Å². The molecule has 1 amide bonds. The van der Waals surface area contributed by atoms with Crippen LogP contribution in [-0.4, -0.2) is 20.4 Å². The van der Waals surface area contributed by atoms with E-state index in [-0.39, 0.29) is 24.4 Å². The number of para-hydroxylation sites is 1. The molecule has 0 fully saturated rings. The summed E-state index contributed by atoms with van der Waals surface area (Å²) in [6.07, 6.45) is 3.24. The van der Waals surface area contributed by atoms with Crippen LogP contribution < -0.4 is 10.9 Å². The molecule has 0 unspecified atom stereocenters. The van der Waals surface area contributed by atoms with Crippen molar-refractivity contribution in [3.05, 3.63) is 65.1 Å². The van der Waals surface area contributed by atoms with E-state index < -0.39 is 0 Å². The van der Waals surface area contributed by atoms with Crippen molar-refractivity contribution in [2.24, 2.45) is 0 Å². The third-order valence-corrected chi connectivity index (χ3v) is 4.10. The number of carbonyl (C=O) groups is 1. The summed E-state index contributed by atoms with van der Waals surface area (Å²) >= 11 is 0. The molecule has 1 aromatic carbocycles. The molecule has 0 saturated carbocycles. The number of hydrogen-bond donors (Lipinski definition) is 2. The summed E-state index contributed by atoms with van der Waals surface area (Å²) in [5.74, 6) is 0.534. The Labute approximate surface area is 142 Å². The average molecular weight is 336 g/mol. The number of furan rings is 1. The Morgan fingerprint density at radius 1 is 1.24 bits per heavy atom. The number of nitrogens with one attached hydrogen (secondary N) is 2. The molecule has 25 heavy (non-hydrogen) atoms. The number of nitrogens with zero attached hydrogens (tertiary/aromatic N) is 2. The lowest BCUT2D eigenvalue weighted by molar-refractivity contribution is -0.121. The van der Waals surface area contributed by atoms with E-state index in [1.807, 2.05) is 24.3 Å². The molecule has 0 aliphatic heterocycles. The minimum absolute atomic E-state index is 0.153. The summed E-state index contributed by atoms with van der Waals surface area (Å²) in [6, 6.07) is 11.2. The Morgan fingerprint density at radius 2 is 2.12 bits per heavy atom. The van der Waals surface area contributed by atoms with Crippen molar-refractivity contribution < 1.29 is 9.21 Å². The summed E-state index contributed by atoms with van der Waals surface area (Å²) in [7, 11) is 0. The van der Waals surface area contributed by atoms with Crippen LogP contribution in [0.5, 0.6) is 0 Å². The summed E-state index contributed by atoms with van der Waals surface area (Å²) < 4.78 is 6.61. The minimum Gasteiger partial charge on any atom is -0.467 e. The van der Waals surface area contributed by atoms with Crippen LogP contribution in [0.15, 0.2) is 58.2 Å². The van der Waals surface area contributed by atoms with Gasteiger partial charge in [-0.1, -0.05) is 18.2 Å². The first-order valence-corrected chi connectivity index (χ1v) is 7.97. The van der Waals surface area contributed by atoms with Gasteiger partial charge in [-0.05, 0) is 18.2 Å². The molecule has 0 aliphatic rings. The quantitative estimate of drug-likeness (QED) is 0.584. The molecule has 2 N–H and O–H groups in total. The molecular weight excluding hydrogens is 320 g/mol. The number of aromatic nitrogens is 3. The standard InChI is InChI=1S/C18H16N4O3/c23-15(19-10-12-4-3-9-25-12)7-8-22-11-20-16-13-5-1-2-6-14(13)21-17(16)18(22)24/h1-6,9,11,21H,7-8,10H2,(H,19,23). The van der Waals surface area contributed by atoms with Gasteiger partial charge in [0.1, 0.15) is 16.8 Å². The lowest BCUT2D eigenvalue weighted by atomic mass is 10.2. The SMILES string of the molecule is O=C(CCn1cnc2c([nH]c3ccccc32)c1=O)NCc1ccco1. The van der Waals surface area contributed by atoms with E-state index in [2.05, 4.69) is 15.3 Å². The Balaban J connectivity index is 1.50. The topological polar surface area (TPSA) is 92.9 Å². The zero-order chi connectivity index (χ0) is 17.2. The van der Waals surface area contributed by atoms with Crippen LogP contribution in [0.25, 0.3) is 21.9 Å². The monoisotopic (exact) mass is 336 g/mol. The zero-order valence-electron chi connectivity index (χ0n) is 13.4. The molecule has 0 bridgehead atoms. The van der Waals surface area contributed by atoms with Crippen LogP contribution in [-0.2, 0) is 17.9 Å². The van der Waals surface area contributed by atoms with Crippen LogP contribution in [0, 0.1) is 0 Å². The predicted octanol–water partition coefficient (Wildman–Crippen LogP) is 2.18. The fourth-order valence-corrected chi connectivity index (χ4v) is 2.81. The smallest absolute Gasteiger partial charge is 0.277 e. The maximum absolute atomic E-state index is 12.6. The van der Waals surface area contributed by atoms with Crippen LogP contribution in [0.4, 0.5) is 0 Å². The number of carbonyl (C=O) groups excluding carboxylic acids is 1. The number of hydrogen-bond acceptors (Lipinski definition) is 4. The highest BCUT2D eigenvalue weighted by molar-refractivity contribution is 6.04. The van der Waals surface area contributed by atoms with Gasteiger partial charge >= 0.3 is 0 Å². The van der Waals surface area contributed by atoms with Gasteiger partial charge in [0.05, 0.1) is 19.1 Å². The van der Waals surface area contributed by atoms with E-state index in [9.17, 15) is 9.59 Å². The van der Waals surface area contributed by atoms with Crippen LogP contribution in [0.1, 0.15) is 12.2 Å². The number of aromatic amines is 1. The van der Waals surface area contributed by atoms with Crippen molar-refractivity contribution >= 4 is 27.8 Å². The molecule has 0 aliphatic carbocycles.